The third kappa shape index (κ3) is 4.04. The molecule has 1 aliphatic rings. The lowest BCUT2D eigenvalue weighted by atomic mass is 10.1. The molecule has 1 saturated heterocycles. The molecule has 1 N–H and O–H groups in total. The molecule has 0 aliphatic carbocycles. The molecule has 1 fully saturated rings. The van der Waals surface area contributed by atoms with E-state index in [1.54, 1.807) is 0 Å². The summed E-state index contributed by atoms with van der Waals surface area (Å²) in [6.07, 6.45) is 1.66. The van der Waals surface area contributed by atoms with Gasteiger partial charge in [-0.15, -0.1) is 0 Å². The van der Waals surface area contributed by atoms with Crippen molar-refractivity contribution in [3.63, 3.8) is 0 Å². The van der Waals surface area contributed by atoms with Gasteiger partial charge in [-0.2, -0.15) is 11.3 Å². The summed E-state index contributed by atoms with van der Waals surface area (Å²) in [7, 11) is 0. The molecule has 19 heavy (non-hydrogen) atoms. The molecule has 0 unspecified atom stereocenters. The zero-order chi connectivity index (χ0) is 13.7. The van der Waals surface area contributed by atoms with Gasteiger partial charge < -0.3 is 14.7 Å². The van der Waals surface area contributed by atoms with Crippen molar-refractivity contribution in [3.05, 3.63) is 22.4 Å². The first-order chi connectivity index (χ1) is 9.16. The number of thiophene rings is 1. The van der Waals surface area contributed by atoms with Gasteiger partial charge in [0.2, 0.25) is 0 Å². The topological polar surface area (TPSA) is 66.8 Å². The normalized spacial score (nSPS) is 16.5. The number of piperidine rings is 1. The van der Waals surface area contributed by atoms with Crippen molar-refractivity contribution in [2.24, 2.45) is 0 Å². The van der Waals surface area contributed by atoms with Gasteiger partial charge in [0.25, 0.3) is 5.91 Å². The van der Waals surface area contributed by atoms with Crippen LogP contribution >= 0.6 is 11.3 Å². The first kappa shape index (κ1) is 14.0. The van der Waals surface area contributed by atoms with Crippen molar-refractivity contribution in [2.45, 2.75) is 25.4 Å². The van der Waals surface area contributed by atoms with Gasteiger partial charge in [-0.3, -0.25) is 9.59 Å². The number of carbonyl (C=O) groups is 2. The highest BCUT2D eigenvalue weighted by Crippen LogP contribution is 2.17. The van der Waals surface area contributed by atoms with Crippen LogP contribution in [-0.2, 0) is 9.53 Å². The lowest BCUT2D eigenvalue weighted by molar-refractivity contribution is -0.138. The van der Waals surface area contributed by atoms with E-state index in [1.807, 2.05) is 21.7 Å². The Bertz CT molecular complexity index is 424. The number of hydrogen-bond acceptors (Lipinski definition) is 4. The average Bonchev–Trinajstić information content (AvgIpc) is 2.92. The standard InChI is InChI=1S/C13H17NO4S/c15-12(16)3-7-18-11-1-5-14(6-2-11)13(17)10-4-8-19-9-10/h4,8-9,11H,1-3,5-7H2,(H,15,16). The molecule has 0 radical (unpaired) electrons. The number of nitrogens with zero attached hydrogens (tertiary/aromatic N) is 1. The molecular formula is C13H17NO4S. The Morgan fingerprint density at radius 3 is 2.74 bits per heavy atom. The van der Waals surface area contributed by atoms with E-state index in [2.05, 4.69) is 0 Å². The fourth-order valence-corrected chi connectivity index (χ4v) is 2.74. The van der Waals surface area contributed by atoms with E-state index in [0.717, 1.165) is 18.4 Å². The van der Waals surface area contributed by atoms with E-state index in [0.29, 0.717) is 13.1 Å². The number of carboxylic acids is 1. The second kappa shape index (κ2) is 6.68. The third-order valence-electron chi connectivity index (χ3n) is 3.17. The molecule has 5 nitrogen and oxygen atoms in total. The predicted octanol–water partition coefficient (Wildman–Crippen LogP) is 1.84. The molecule has 0 aromatic carbocycles. The fraction of sp³-hybridized carbons (Fsp3) is 0.538. The first-order valence-corrected chi connectivity index (χ1v) is 7.26. The minimum atomic E-state index is -0.843. The van der Waals surface area contributed by atoms with Crippen LogP contribution in [-0.4, -0.2) is 47.7 Å². The van der Waals surface area contributed by atoms with Gasteiger partial charge in [0.15, 0.2) is 0 Å². The van der Waals surface area contributed by atoms with Gasteiger partial charge in [-0.1, -0.05) is 0 Å². The highest BCUT2D eigenvalue weighted by atomic mass is 32.1. The number of aliphatic carboxylic acids is 1. The van der Waals surface area contributed by atoms with E-state index < -0.39 is 5.97 Å². The van der Waals surface area contributed by atoms with E-state index in [-0.39, 0.29) is 25.0 Å². The van der Waals surface area contributed by atoms with E-state index in [9.17, 15) is 9.59 Å². The van der Waals surface area contributed by atoms with Crippen LogP contribution in [0.3, 0.4) is 0 Å². The van der Waals surface area contributed by atoms with Gasteiger partial charge in [0.05, 0.1) is 24.7 Å². The summed E-state index contributed by atoms with van der Waals surface area (Å²) in [5.74, 6) is -0.768. The van der Waals surface area contributed by atoms with Crippen molar-refractivity contribution in [2.75, 3.05) is 19.7 Å². The van der Waals surface area contributed by atoms with Gasteiger partial charge in [0.1, 0.15) is 0 Å². The molecule has 6 heteroatoms. The summed E-state index contributed by atoms with van der Waals surface area (Å²) in [6.45, 7) is 1.59. The molecule has 2 heterocycles. The monoisotopic (exact) mass is 283 g/mol. The summed E-state index contributed by atoms with van der Waals surface area (Å²) in [4.78, 5) is 24.3. The molecule has 0 saturated carbocycles. The number of carboxylic acid groups (broad SMARTS) is 1. The second-order valence-corrected chi connectivity index (χ2v) is 5.30. The number of carbonyl (C=O) groups excluding carboxylic acids is 1. The number of hydrogen-bond donors (Lipinski definition) is 1. The van der Waals surface area contributed by atoms with Crippen molar-refractivity contribution >= 4 is 23.2 Å². The molecule has 1 aromatic heterocycles. The number of ether oxygens (including phenoxy) is 1. The smallest absolute Gasteiger partial charge is 0.305 e. The van der Waals surface area contributed by atoms with Crippen LogP contribution in [0, 0.1) is 0 Å². The Morgan fingerprint density at radius 2 is 2.16 bits per heavy atom. The summed E-state index contributed by atoms with van der Waals surface area (Å²) in [5, 5.41) is 12.3. The lowest BCUT2D eigenvalue weighted by Crippen LogP contribution is -2.40. The molecular weight excluding hydrogens is 266 g/mol. The zero-order valence-electron chi connectivity index (χ0n) is 10.6. The Kier molecular flexibility index (Phi) is 4.93. The van der Waals surface area contributed by atoms with Gasteiger partial charge in [-0.25, -0.2) is 0 Å². The van der Waals surface area contributed by atoms with Crippen LogP contribution < -0.4 is 0 Å². The maximum Gasteiger partial charge on any atom is 0.305 e. The molecule has 2 rings (SSSR count). The SMILES string of the molecule is O=C(O)CCOC1CCN(C(=O)c2ccsc2)CC1. The number of likely N-dealkylation sites (tertiary alicyclic amines) is 1. The summed E-state index contributed by atoms with van der Waals surface area (Å²) in [5.41, 5.74) is 0.746. The lowest BCUT2D eigenvalue weighted by Gasteiger charge is -2.31. The summed E-state index contributed by atoms with van der Waals surface area (Å²) >= 11 is 1.52. The van der Waals surface area contributed by atoms with Crippen molar-refractivity contribution < 1.29 is 19.4 Å². The van der Waals surface area contributed by atoms with Crippen LogP contribution in [0.4, 0.5) is 0 Å². The van der Waals surface area contributed by atoms with Crippen LogP contribution in [0.2, 0.25) is 0 Å². The largest absolute Gasteiger partial charge is 0.481 e. The molecule has 104 valence electrons. The van der Waals surface area contributed by atoms with Gasteiger partial charge in [0, 0.05) is 18.5 Å². The molecule has 1 amide bonds. The van der Waals surface area contributed by atoms with Crippen molar-refractivity contribution in [1.29, 1.82) is 0 Å². The van der Waals surface area contributed by atoms with Crippen LogP contribution in [0.5, 0.6) is 0 Å². The Labute approximate surface area is 115 Å². The minimum absolute atomic E-state index is 0.0358. The van der Waals surface area contributed by atoms with Gasteiger partial charge in [-0.05, 0) is 24.3 Å². The number of rotatable bonds is 5. The maximum absolute atomic E-state index is 12.1. The maximum atomic E-state index is 12.1. The highest BCUT2D eigenvalue weighted by Gasteiger charge is 2.24. The number of amides is 1. The fourth-order valence-electron chi connectivity index (χ4n) is 2.11. The molecule has 0 bridgehead atoms. The van der Waals surface area contributed by atoms with E-state index in [4.69, 9.17) is 9.84 Å². The van der Waals surface area contributed by atoms with Crippen molar-refractivity contribution in [1.82, 2.24) is 4.90 Å². The van der Waals surface area contributed by atoms with Gasteiger partial charge >= 0.3 is 5.97 Å². The Hall–Kier alpha value is -1.40. The van der Waals surface area contributed by atoms with Crippen LogP contribution in [0.25, 0.3) is 0 Å². The summed E-state index contributed by atoms with van der Waals surface area (Å²) in [6, 6.07) is 1.84. The second-order valence-electron chi connectivity index (χ2n) is 4.52. The average molecular weight is 283 g/mol. The van der Waals surface area contributed by atoms with Crippen LogP contribution in [0.1, 0.15) is 29.6 Å². The zero-order valence-corrected chi connectivity index (χ0v) is 11.4. The Morgan fingerprint density at radius 1 is 1.42 bits per heavy atom. The molecule has 1 aliphatic heterocycles. The molecule has 0 atom stereocenters. The summed E-state index contributed by atoms with van der Waals surface area (Å²) < 4.78 is 5.50. The predicted molar refractivity (Wildman–Crippen MR) is 71.4 cm³/mol. The van der Waals surface area contributed by atoms with Crippen molar-refractivity contribution in [3.8, 4) is 0 Å². The quantitative estimate of drug-likeness (QED) is 0.895. The van der Waals surface area contributed by atoms with E-state index in [1.165, 1.54) is 11.3 Å². The highest BCUT2D eigenvalue weighted by molar-refractivity contribution is 7.08. The molecule has 0 spiro atoms. The first-order valence-electron chi connectivity index (χ1n) is 6.31. The molecule has 1 aromatic rings. The minimum Gasteiger partial charge on any atom is -0.481 e. The van der Waals surface area contributed by atoms with Crippen LogP contribution in [0.15, 0.2) is 16.8 Å². The Balaban J connectivity index is 1.73. The third-order valence-corrected chi connectivity index (χ3v) is 3.85. The van der Waals surface area contributed by atoms with E-state index >= 15 is 0 Å².